The summed E-state index contributed by atoms with van der Waals surface area (Å²) in [6.07, 6.45) is 2.98. The lowest BCUT2D eigenvalue weighted by molar-refractivity contribution is -0.169. The SMILES string of the molecule is Cc1ccc(S(=O)/N=C/CCC2(c3ccccc3)OCCO2)cc1. The molecule has 1 unspecified atom stereocenters. The monoisotopic (exact) mass is 343 g/mol. The van der Waals surface area contributed by atoms with Crippen LogP contribution < -0.4 is 0 Å². The van der Waals surface area contributed by atoms with Crippen molar-refractivity contribution >= 4 is 17.2 Å². The molecule has 1 heterocycles. The van der Waals surface area contributed by atoms with Crippen LogP contribution in [0.3, 0.4) is 0 Å². The highest BCUT2D eigenvalue weighted by molar-refractivity contribution is 7.83. The Labute approximate surface area is 145 Å². The third-order valence-electron chi connectivity index (χ3n) is 3.96. The third-order valence-corrected chi connectivity index (χ3v) is 4.98. The average molecular weight is 343 g/mol. The standard InChI is InChI=1S/C19H21NO3S/c1-16-8-10-18(11-9-16)24(21)20-13-5-12-19(22-14-15-23-19)17-6-3-2-4-7-17/h2-4,6-11,13H,5,12,14-15H2,1H3/b20-13+. The first kappa shape index (κ1) is 17.0. The van der Waals surface area contributed by atoms with Gasteiger partial charge in [0, 0.05) is 18.2 Å². The molecule has 4 nitrogen and oxygen atoms in total. The van der Waals surface area contributed by atoms with E-state index in [1.54, 1.807) is 6.21 Å². The molecule has 0 spiro atoms. The van der Waals surface area contributed by atoms with E-state index in [9.17, 15) is 4.21 Å². The fourth-order valence-electron chi connectivity index (χ4n) is 2.69. The number of hydrogen-bond donors (Lipinski definition) is 0. The Bertz CT molecular complexity index is 707. The molecule has 5 heteroatoms. The summed E-state index contributed by atoms with van der Waals surface area (Å²) in [5.74, 6) is -0.710. The lowest BCUT2D eigenvalue weighted by atomic mass is 10.0. The van der Waals surface area contributed by atoms with Crippen molar-refractivity contribution in [1.82, 2.24) is 0 Å². The molecule has 1 aliphatic heterocycles. The van der Waals surface area contributed by atoms with E-state index in [-0.39, 0.29) is 0 Å². The minimum atomic E-state index is -1.36. The smallest absolute Gasteiger partial charge is 0.195 e. The number of ether oxygens (including phenoxy) is 2. The van der Waals surface area contributed by atoms with Crippen molar-refractivity contribution in [2.75, 3.05) is 13.2 Å². The lowest BCUT2D eigenvalue weighted by Gasteiger charge is -2.27. The van der Waals surface area contributed by atoms with E-state index in [2.05, 4.69) is 4.40 Å². The topological polar surface area (TPSA) is 47.9 Å². The average Bonchev–Trinajstić information content (AvgIpc) is 3.10. The number of nitrogens with zero attached hydrogens (tertiary/aromatic N) is 1. The van der Waals surface area contributed by atoms with Gasteiger partial charge in [-0.2, -0.15) is 4.40 Å². The molecule has 0 aliphatic carbocycles. The van der Waals surface area contributed by atoms with Crippen LogP contribution in [0.25, 0.3) is 0 Å². The molecule has 1 saturated heterocycles. The van der Waals surface area contributed by atoms with Crippen LogP contribution in [0, 0.1) is 6.92 Å². The Hall–Kier alpha value is -1.82. The maximum absolute atomic E-state index is 12.2. The second-order valence-electron chi connectivity index (χ2n) is 5.70. The van der Waals surface area contributed by atoms with Crippen molar-refractivity contribution in [2.45, 2.75) is 30.4 Å². The molecule has 0 bridgehead atoms. The maximum atomic E-state index is 12.2. The predicted octanol–water partition coefficient (Wildman–Crippen LogP) is 3.77. The van der Waals surface area contributed by atoms with E-state index in [0.717, 1.165) is 11.1 Å². The van der Waals surface area contributed by atoms with Crippen LogP contribution in [0.5, 0.6) is 0 Å². The van der Waals surface area contributed by atoms with Gasteiger partial charge in [0.2, 0.25) is 0 Å². The summed E-state index contributed by atoms with van der Waals surface area (Å²) >= 11 is 0. The molecule has 1 aliphatic rings. The van der Waals surface area contributed by atoms with Crippen LogP contribution >= 0.6 is 0 Å². The van der Waals surface area contributed by atoms with E-state index in [1.807, 2.05) is 61.5 Å². The first-order valence-electron chi connectivity index (χ1n) is 8.04. The van der Waals surface area contributed by atoms with Gasteiger partial charge in [-0.15, -0.1) is 0 Å². The zero-order valence-electron chi connectivity index (χ0n) is 13.7. The second kappa shape index (κ2) is 7.83. The summed E-state index contributed by atoms with van der Waals surface area (Å²) in [6.45, 7) is 3.17. The first-order valence-corrected chi connectivity index (χ1v) is 9.15. The van der Waals surface area contributed by atoms with Crippen molar-refractivity contribution < 1.29 is 13.7 Å². The highest BCUT2D eigenvalue weighted by atomic mass is 32.2. The van der Waals surface area contributed by atoms with Gasteiger partial charge in [0.15, 0.2) is 16.8 Å². The van der Waals surface area contributed by atoms with Crippen LogP contribution in [0.1, 0.15) is 24.0 Å². The minimum Gasteiger partial charge on any atom is -0.343 e. The molecule has 2 aromatic carbocycles. The molecular weight excluding hydrogens is 322 g/mol. The van der Waals surface area contributed by atoms with E-state index >= 15 is 0 Å². The zero-order valence-corrected chi connectivity index (χ0v) is 14.5. The molecule has 0 N–H and O–H groups in total. The van der Waals surface area contributed by atoms with Crippen molar-refractivity contribution in [2.24, 2.45) is 4.40 Å². The molecule has 126 valence electrons. The molecule has 0 saturated carbocycles. The molecule has 24 heavy (non-hydrogen) atoms. The van der Waals surface area contributed by atoms with Gasteiger partial charge in [-0.05, 0) is 25.5 Å². The third kappa shape index (κ3) is 3.98. The Kier molecular flexibility index (Phi) is 5.56. The Morgan fingerprint density at radius 1 is 1.08 bits per heavy atom. The van der Waals surface area contributed by atoms with Crippen molar-refractivity contribution in [3.05, 3.63) is 65.7 Å². The van der Waals surface area contributed by atoms with E-state index < -0.39 is 16.8 Å². The number of aryl methyl sites for hydroxylation is 1. The largest absolute Gasteiger partial charge is 0.343 e. The van der Waals surface area contributed by atoms with Gasteiger partial charge >= 0.3 is 0 Å². The highest BCUT2D eigenvalue weighted by Crippen LogP contribution is 2.35. The van der Waals surface area contributed by atoms with E-state index in [4.69, 9.17) is 9.47 Å². The molecule has 0 amide bonds. The molecular formula is C19H21NO3S. The molecule has 3 rings (SSSR count). The number of hydrogen-bond acceptors (Lipinski definition) is 3. The molecule has 1 atom stereocenters. The van der Waals surface area contributed by atoms with Crippen molar-refractivity contribution in [1.29, 1.82) is 0 Å². The fraction of sp³-hybridized carbons (Fsp3) is 0.316. The second-order valence-corrected chi connectivity index (χ2v) is 6.89. The highest BCUT2D eigenvalue weighted by Gasteiger charge is 2.37. The molecule has 0 radical (unpaired) electrons. The maximum Gasteiger partial charge on any atom is 0.195 e. The first-order chi connectivity index (χ1) is 11.7. The van der Waals surface area contributed by atoms with Crippen LogP contribution in [0.4, 0.5) is 0 Å². The van der Waals surface area contributed by atoms with Gasteiger partial charge in [0.25, 0.3) is 0 Å². The molecule has 0 aromatic heterocycles. The summed E-state index contributed by atoms with van der Waals surface area (Å²) in [4.78, 5) is 0.711. The van der Waals surface area contributed by atoms with Gasteiger partial charge in [-0.25, -0.2) is 4.21 Å². The normalized spacial score (nSPS) is 18.0. The van der Waals surface area contributed by atoms with Crippen LogP contribution in [-0.4, -0.2) is 23.6 Å². The van der Waals surface area contributed by atoms with Crippen LogP contribution in [-0.2, 0) is 26.2 Å². The summed E-state index contributed by atoms with van der Waals surface area (Å²) in [6, 6.07) is 17.5. The summed E-state index contributed by atoms with van der Waals surface area (Å²) in [5.41, 5.74) is 2.15. The van der Waals surface area contributed by atoms with Gasteiger partial charge in [0.05, 0.1) is 18.1 Å². The molecule has 1 fully saturated rings. The Morgan fingerprint density at radius 3 is 2.42 bits per heavy atom. The Balaban J connectivity index is 1.62. The van der Waals surface area contributed by atoms with Crippen molar-refractivity contribution in [3.63, 3.8) is 0 Å². The quantitative estimate of drug-likeness (QED) is 0.750. The van der Waals surface area contributed by atoms with Gasteiger partial charge in [-0.1, -0.05) is 48.0 Å². The van der Waals surface area contributed by atoms with E-state index in [1.165, 1.54) is 0 Å². The lowest BCUT2D eigenvalue weighted by Crippen LogP contribution is -2.27. The van der Waals surface area contributed by atoms with Gasteiger partial charge in [0.1, 0.15) is 0 Å². The predicted molar refractivity (Wildman–Crippen MR) is 95.3 cm³/mol. The summed E-state index contributed by atoms with van der Waals surface area (Å²) < 4.78 is 28.0. The Morgan fingerprint density at radius 2 is 1.75 bits per heavy atom. The van der Waals surface area contributed by atoms with Gasteiger partial charge < -0.3 is 9.47 Å². The summed E-state index contributed by atoms with van der Waals surface area (Å²) in [5, 5.41) is 0. The van der Waals surface area contributed by atoms with Crippen molar-refractivity contribution in [3.8, 4) is 0 Å². The van der Waals surface area contributed by atoms with Crippen LogP contribution in [0.15, 0.2) is 63.9 Å². The number of benzene rings is 2. The minimum absolute atomic E-state index is 0.585. The fourth-order valence-corrected chi connectivity index (χ4v) is 3.42. The summed E-state index contributed by atoms with van der Waals surface area (Å²) in [7, 11) is -1.36. The molecule has 2 aromatic rings. The number of rotatable bonds is 6. The van der Waals surface area contributed by atoms with E-state index in [0.29, 0.717) is 31.0 Å². The van der Waals surface area contributed by atoms with Gasteiger partial charge in [-0.3, -0.25) is 0 Å². The van der Waals surface area contributed by atoms with Crippen LogP contribution in [0.2, 0.25) is 0 Å². The zero-order chi connectivity index (χ0) is 16.8.